The highest BCUT2D eigenvalue weighted by Crippen LogP contribution is 2.23. The number of aromatic carboxylic acids is 1. The van der Waals surface area contributed by atoms with Crippen molar-refractivity contribution < 1.29 is 28.2 Å². The van der Waals surface area contributed by atoms with E-state index in [4.69, 9.17) is 9.84 Å². The van der Waals surface area contributed by atoms with Gasteiger partial charge in [-0.25, -0.2) is 17.9 Å². The molecule has 124 valence electrons. The quantitative estimate of drug-likeness (QED) is 0.689. The summed E-state index contributed by atoms with van der Waals surface area (Å²) in [5, 5.41) is 19.2. The van der Waals surface area contributed by atoms with E-state index in [9.17, 15) is 18.3 Å². The van der Waals surface area contributed by atoms with E-state index >= 15 is 0 Å². The number of sulfonamides is 1. The van der Waals surface area contributed by atoms with Crippen LogP contribution in [0.3, 0.4) is 0 Å². The molecular formula is C14H21NO6S. The first-order valence-corrected chi connectivity index (χ1v) is 8.13. The number of carboxylic acids is 1. The molecule has 0 heterocycles. The van der Waals surface area contributed by atoms with E-state index in [2.05, 4.69) is 4.72 Å². The van der Waals surface area contributed by atoms with Crippen molar-refractivity contribution in [1.29, 1.82) is 0 Å². The fourth-order valence-electron chi connectivity index (χ4n) is 1.55. The molecule has 0 saturated heterocycles. The van der Waals surface area contributed by atoms with E-state index in [-0.39, 0.29) is 28.7 Å². The Hall–Kier alpha value is -1.64. The Morgan fingerprint density at radius 1 is 1.41 bits per heavy atom. The van der Waals surface area contributed by atoms with E-state index in [1.165, 1.54) is 26.2 Å². The summed E-state index contributed by atoms with van der Waals surface area (Å²) in [6.07, 6.45) is 0. The smallest absolute Gasteiger partial charge is 0.339 e. The summed E-state index contributed by atoms with van der Waals surface area (Å²) in [4.78, 5) is 10.9. The molecule has 0 spiro atoms. The molecule has 0 aromatic heterocycles. The van der Waals surface area contributed by atoms with Crippen molar-refractivity contribution in [2.45, 2.75) is 31.3 Å². The average molecular weight is 331 g/mol. The third kappa shape index (κ3) is 4.19. The lowest BCUT2D eigenvalue weighted by Gasteiger charge is -2.27. The summed E-state index contributed by atoms with van der Waals surface area (Å²) in [6.45, 7) is 4.88. The number of nitrogens with one attached hydrogen (secondary N) is 1. The van der Waals surface area contributed by atoms with Crippen LogP contribution in [0.15, 0.2) is 23.1 Å². The zero-order chi connectivity index (χ0) is 17.1. The van der Waals surface area contributed by atoms with Crippen molar-refractivity contribution in [1.82, 2.24) is 4.72 Å². The summed E-state index contributed by atoms with van der Waals surface area (Å²) < 4.78 is 31.6. The predicted octanol–water partition coefficient (Wildman–Crippen LogP) is 1.08. The average Bonchev–Trinajstić information content (AvgIpc) is 2.44. The van der Waals surface area contributed by atoms with Crippen LogP contribution in [0.5, 0.6) is 5.75 Å². The summed E-state index contributed by atoms with van der Waals surface area (Å²) in [6, 6.07) is 3.55. The molecule has 1 aromatic rings. The minimum atomic E-state index is -3.94. The number of ether oxygens (including phenoxy) is 1. The topological polar surface area (TPSA) is 113 Å². The maximum Gasteiger partial charge on any atom is 0.339 e. The van der Waals surface area contributed by atoms with Gasteiger partial charge in [0.2, 0.25) is 10.0 Å². The molecule has 0 radical (unpaired) electrons. The fraction of sp³-hybridized carbons (Fsp3) is 0.500. The molecule has 0 aliphatic carbocycles. The summed E-state index contributed by atoms with van der Waals surface area (Å²) in [5.74, 6) is -1.37. The van der Waals surface area contributed by atoms with Crippen LogP contribution in [0.4, 0.5) is 0 Å². The largest absolute Gasteiger partial charge is 0.496 e. The second-order valence-corrected chi connectivity index (χ2v) is 7.27. The Bertz CT molecular complexity index is 651. The second-order valence-electron chi connectivity index (χ2n) is 5.50. The zero-order valence-corrected chi connectivity index (χ0v) is 13.8. The summed E-state index contributed by atoms with van der Waals surface area (Å²) in [5.41, 5.74) is -1.46. The Balaban J connectivity index is 3.09. The van der Waals surface area contributed by atoms with Crippen molar-refractivity contribution in [3.8, 4) is 5.75 Å². The Morgan fingerprint density at radius 2 is 2.00 bits per heavy atom. The van der Waals surface area contributed by atoms with E-state index < -0.39 is 21.6 Å². The SMILES string of the molecule is COc1ccc(S(=O)(=O)NCC(C)(O)C(C)C)cc1C(=O)O. The van der Waals surface area contributed by atoms with Gasteiger partial charge in [-0.15, -0.1) is 0 Å². The number of rotatable bonds is 7. The van der Waals surface area contributed by atoms with Crippen molar-refractivity contribution in [2.75, 3.05) is 13.7 Å². The summed E-state index contributed by atoms with van der Waals surface area (Å²) >= 11 is 0. The maximum atomic E-state index is 12.2. The van der Waals surface area contributed by atoms with Crippen molar-refractivity contribution in [3.63, 3.8) is 0 Å². The summed E-state index contributed by atoms with van der Waals surface area (Å²) in [7, 11) is -2.64. The third-order valence-corrected chi connectivity index (χ3v) is 4.97. The molecule has 1 aromatic carbocycles. The van der Waals surface area contributed by atoms with Gasteiger partial charge in [0.05, 0.1) is 17.6 Å². The normalized spacial score (nSPS) is 14.6. The minimum Gasteiger partial charge on any atom is -0.496 e. The van der Waals surface area contributed by atoms with E-state index in [1.807, 2.05) is 0 Å². The molecule has 1 atom stereocenters. The standard InChI is InChI=1S/C14H21NO6S/c1-9(2)14(3,18)8-15-22(19,20)10-5-6-12(21-4)11(7-10)13(16)17/h5-7,9,15,18H,8H2,1-4H3,(H,16,17). The Morgan fingerprint density at radius 3 is 2.45 bits per heavy atom. The first-order valence-electron chi connectivity index (χ1n) is 6.64. The number of benzene rings is 1. The van der Waals surface area contributed by atoms with Crippen LogP contribution in [-0.2, 0) is 10.0 Å². The van der Waals surface area contributed by atoms with Crippen LogP contribution in [0.1, 0.15) is 31.1 Å². The number of carbonyl (C=O) groups is 1. The van der Waals surface area contributed by atoms with Gasteiger partial charge in [-0.3, -0.25) is 0 Å². The molecule has 0 amide bonds. The third-order valence-electron chi connectivity index (χ3n) is 3.58. The first kappa shape index (κ1) is 18.4. The predicted molar refractivity (Wildman–Crippen MR) is 80.6 cm³/mol. The molecule has 7 nitrogen and oxygen atoms in total. The number of aliphatic hydroxyl groups is 1. The lowest BCUT2D eigenvalue weighted by Crippen LogP contribution is -2.44. The molecule has 0 saturated carbocycles. The zero-order valence-electron chi connectivity index (χ0n) is 13.0. The molecular weight excluding hydrogens is 310 g/mol. The van der Waals surface area contributed by atoms with E-state index in [0.29, 0.717) is 0 Å². The van der Waals surface area contributed by atoms with Gasteiger partial charge in [-0.1, -0.05) is 13.8 Å². The van der Waals surface area contributed by atoms with Gasteiger partial charge in [0, 0.05) is 6.54 Å². The molecule has 0 bridgehead atoms. The number of hydrogen-bond donors (Lipinski definition) is 3. The number of carboxylic acid groups (broad SMARTS) is 1. The maximum absolute atomic E-state index is 12.2. The molecule has 22 heavy (non-hydrogen) atoms. The van der Waals surface area contributed by atoms with Crippen LogP contribution in [0.25, 0.3) is 0 Å². The van der Waals surface area contributed by atoms with Crippen LogP contribution in [0.2, 0.25) is 0 Å². The van der Waals surface area contributed by atoms with Gasteiger partial charge in [0.1, 0.15) is 11.3 Å². The fourth-order valence-corrected chi connectivity index (χ4v) is 2.72. The molecule has 0 aliphatic rings. The number of hydrogen-bond acceptors (Lipinski definition) is 5. The van der Waals surface area contributed by atoms with Crippen molar-refractivity contribution in [3.05, 3.63) is 23.8 Å². The van der Waals surface area contributed by atoms with Gasteiger partial charge in [-0.2, -0.15) is 0 Å². The monoisotopic (exact) mass is 331 g/mol. The van der Waals surface area contributed by atoms with Crippen LogP contribution in [-0.4, -0.2) is 43.9 Å². The van der Waals surface area contributed by atoms with Gasteiger partial charge < -0.3 is 14.9 Å². The number of methoxy groups -OCH3 is 1. The highest BCUT2D eigenvalue weighted by Gasteiger charge is 2.28. The van der Waals surface area contributed by atoms with E-state index in [0.717, 1.165) is 6.07 Å². The van der Waals surface area contributed by atoms with Gasteiger partial charge >= 0.3 is 5.97 Å². The van der Waals surface area contributed by atoms with Gasteiger partial charge in [-0.05, 0) is 31.0 Å². The Labute approximate surface area is 130 Å². The molecule has 0 aliphatic heterocycles. The van der Waals surface area contributed by atoms with Crippen molar-refractivity contribution in [2.24, 2.45) is 5.92 Å². The second kappa shape index (κ2) is 6.64. The molecule has 1 rings (SSSR count). The van der Waals surface area contributed by atoms with Crippen LogP contribution < -0.4 is 9.46 Å². The minimum absolute atomic E-state index is 0.0700. The lowest BCUT2D eigenvalue weighted by atomic mass is 9.93. The lowest BCUT2D eigenvalue weighted by molar-refractivity contribution is 0.0190. The van der Waals surface area contributed by atoms with Crippen molar-refractivity contribution >= 4 is 16.0 Å². The highest BCUT2D eigenvalue weighted by molar-refractivity contribution is 7.89. The van der Waals surface area contributed by atoms with Gasteiger partial charge in [0.15, 0.2) is 0 Å². The molecule has 3 N–H and O–H groups in total. The molecule has 0 fully saturated rings. The molecule has 8 heteroatoms. The van der Waals surface area contributed by atoms with Crippen LogP contribution in [0, 0.1) is 5.92 Å². The Kier molecular flexibility index (Phi) is 5.55. The first-order chi connectivity index (χ1) is 10.0. The highest BCUT2D eigenvalue weighted by atomic mass is 32.2. The van der Waals surface area contributed by atoms with Crippen LogP contribution >= 0.6 is 0 Å². The van der Waals surface area contributed by atoms with E-state index in [1.54, 1.807) is 13.8 Å². The van der Waals surface area contributed by atoms with Gasteiger partial charge in [0.25, 0.3) is 0 Å². The molecule has 1 unspecified atom stereocenters.